The molecule has 0 amide bonds. The lowest BCUT2D eigenvalue weighted by Crippen LogP contribution is -2.12. The first-order valence-electron chi connectivity index (χ1n) is 9.00. The van der Waals surface area contributed by atoms with E-state index in [1.807, 2.05) is 43.3 Å². The van der Waals surface area contributed by atoms with Crippen molar-refractivity contribution in [3.63, 3.8) is 0 Å². The molecule has 0 fully saturated rings. The molecule has 1 aromatic heterocycles. The maximum absolute atomic E-state index is 12.3. The van der Waals surface area contributed by atoms with Crippen LogP contribution in [0.5, 0.6) is 5.75 Å². The van der Waals surface area contributed by atoms with Gasteiger partial charge in [-0.1, -0.05) is 31.2 Å². The third-order valence-electron chi connectivity index (χ3n) is 4.24. The van der Waals surface area contributed by atoms with Crippen LogP contribution in [0.15, 0.2) is 58.3 Å². The Kier molecular flexibility index (Phi) is 5.81. The van der Waals surface area contributed by atoms with Crippen molar-refractivity contribution in [2.75, 3.05) is 7.11 Å². The number of nitrogens with one attached hydrogen (secondary N) is 1. The average molecular weight is 361 g/mol. The average Bonchev–Trinajstić information content (AvgIpc) is 2.68. The second-order valence-corrected chi connectivity index (χ2v) is 6.13. The highest BCUT2D eigenvalue weighted by molar-refractivity contribution is 5.77. The predicted molar refractivity (Wildman–Crippen MR) is 111 cm³/mol. The third-order valence-corrected chi connectivity index (χ3v) is 4.24. The number of H-pyrrole nitrogens is 1. The van der Waals surface area contributed by atoms with E-state index in [0.29, 0.717) is 23.1 Å². The minimum atomic E-state index is -0.121. The largest absolute Gasteiger partial charge is 0.496 e. The van der Waals surface area contributed by atoms with E-state index in [-0.39, 0.29) is 5.56 Å². The second kappa shape index (κ2) is 8.45. The molecule has 5 nitrogen and oxygen atoms in total. The van der Waals surface area contributed by atoms with Crippen LogP contribution in [0.4, 0.5) is 0 Å². The predicted octanol–water partition coefficient (Wildman–Crippen LogP) is 4.36. The summed E-state index contributed by atoms with van der Waals surface area (Å²) in [5.74, 6) is 1.38. The number of nitrogens with zero attached hydrogens (tertiary/aromatic N) is 2. The fourth-order valence-corrected chi connectivity index (χ4v) is 3.03. The van der Waals surface area contributed by atoms with E-state index in [4.69, 9.17) is 4.74 Å². The van der Waals surface area contributed by atoms with Crippen LogP contribution in [0.2, 0.25) is 0 Å². The summed E-state index contributed by atoms with van der Waals surface area (Å²) in [5, 5.41) is 0.598. The van der Waals surface area contributed by atoms with Gasteiger partial charge in [-0.25, -0.2) is 4.98 Å². The fourth-order valence-electron chi connectivity index (χ4n) is 3.03. The molecule has 0 spiro atoms. The van der Waals surface area contributed by atoms with Crippen LogP contribution >= 0.6 is 0 Å². The molecule has 0 unspecified atom stereocenters. The highest BCUT2D eigenvalue weighted by Gasteiger charge is 2.10. The first-order valence-corrected chi connectivity index (χ1v) is 9.00. The van der Waals surface area contributed by atoms with Crippen LogP contribution in [0, 0.1) is 0 Å². The van der Waals surface area contributed by atoms with E-state index in [1.165, 1.54) is 0 Å². The minimum Gasteiger partial charge on any atom is -0.496 e. The van der Waals surface area contributed by atoms with Gasteiger partial charge in [0, 0.05) is 18.2 Å². The molecular formula is C22H23N3O2. The molecule has 3 aromatic rings. The number of ether oxygens (including phenoxy) is 1. The molecule has 138 valence electrons. The van der Waals surface area contributed by atoms with Crippen molar-refractivity contribution in [3.05, 3.63) is 75.8 Å². The van der Waals surface area contributed by atoms with Gasteiger partial charge in [0.05, 0.1) is 23.7 Å². The zero-order valence-electron chi connectivity index (χ0n) is 15.8. The van der Waals surface area contributed by atoms with E-state index in [2.05, 4.69) is 28.0 Å². The molecule has 0 aliphatic heterocycles. The van der Waals surface area contributed by atoms with Crippen LogP contribution in [0.3, 0.4) is 0 Å². The first kappa shape index (κ1) is 18.6. The molecule has 3 rings (SSSR count). The number of hydrogen-bond donors (Lipinski definition) is 1. The van der Waals surface area contributed by atoms with E-state index in [1.54, 1.807) is 19.4 Å². The molecule has 0 atom stereocenters. The van der Waals surface area contributed by atoms with Crippen molar-refractivity contribution in [2.45, 2.75) is 26.7 Å². The van der Waals surface area contributed by atoms with Gasteiger partial charge in [-0.3, -0.25) is 9.79 Å². The Morgan fingerprint density at radius 1 is 1.26 bits per heavy atom. The SMILES string of the molecule is CC=N/C(=C\CC)c1ccc(Cc2nc3ccccc3c(=O)[nH]2)cc1OC. The van der Waals surface area contributed by atoms with Crippen molar-refractivity contribution in [3.8, 4) is 5.75 Å². The van der Waals surface area contributed by atoms with Crippen molar-refractivity contribution in [1.82, 2.24) is 9.97 Å². The molecular weight excluding hydrogens is 338 g/mol. The standard InChI is InChI=1S/C22H23N3O2/c1-4-8-18(23-5-2)16-12-11-15(13-20(16)27-3)14-21-24-19-10-7-6-9-17(19)22(26)25-21/h5-13H,4,14H2,1-3H3,(H,24,25,26)/b18-8-,23-5?. The summed E-state index contributed by atoms with van der Waals surface area (Å²) in [6.45, 7) is 3.97. The number of hydrogen-bond acceptors (Lipinski definition) is 4. The highest BCUT2D eigenvalue weighted by atomic mass is 16.5. The second-order valence-electron chi connectivity index (χ2n) is 6.13. The lowest BCUT2D eigenvalue weighted by Gasteiger charge is -2.11. The van der Waals surface area contributed by atoms with Crippen molar-refractivity contribution in [1.29, 1.82) is 0 Å². The van der Waals surface area contributed by atoms with Gasteiger partial charge in [-0.15, -0.1) is 0 Å². The van der Waals surface area contributed by atoms with Gasteiger partial charge in [-0.2, -0.15) is 0 Å². The molecule has 0 aliphatic carbocycles. The Hall–Kier alpha value is -3.21. The van der Waals surface area contributed by atoms with Gasteiger partial charge in [0.15, 0.2) is 0 Å². The quantitative estimate of drug-likeness (QED) is 0.663. The van der Waals surface area contributed by atoms with Crippen LogP contribution < -0.4 is 10.3 Å². The number of fused-ring (bicyclic) bond motifs is 1. The van der Waals surface area contributed by atoms with Gasteiger partial charge in [0.25, 0.3) is 5.56 Å². The van der Waals surface area contributed by atoms with Gasteiger partial charge in [0.1, 0.15) is 11.6 Å². The van der Waals surface area contributed by atoms with Crippen LogP contribution in [0.1, 0.15) is 37.2 Å². The summed E-state index contributed by atoms with van der Waals surface area (Å²) in [4.78, 5) is 24.1. The number of rotatable bonds is 6. The summed E-state index contributed by atoms with van der Waals surface area (Å²) < 4.78 is 5.58. The topological polar surface area (TPSA) is 67.3 Å². The number of aliphatic imine (C=N–C) groups is 1. The first-order chi connectivity index (χ1) is 13.2. The van der Waals surface area contributed by atoms with E-state index in [9.17, 15) is 4.79 Å². The molecule has 0 radical (unpaired) electrons. The summed E-state index contributed by atoms with van der Waals surface area (Å²) >= 11 is 0. The Labute approximate surface area is 158 Å². The molecule has 1 N–H and O–H groups in total. The fraction of sp³-hybridized carbons (Fsp3) is 0.227. The van der Waals surface area contributed by atoms with Crippen molar-refractivity contribution < 1.29 is 4.74 Å². The number of allylic oxidation sites excluding steroid dienone is 1. The smallest absolute Gasteiger partial charge is 0.258 e. The molecule has 1 heterocycles. The van der Waals surface area contributed by atoms with E-state index >= 15 is 0 Å². The van der Waals surface area contributed by atoms with Gasteiger partial charge in [-0.05, 0) is 43.2 Å². The number of aromatic nitrogens is 2. The highest BCUT2D eigenvalue weighted by Crippen LogP contribution is 2.29. The molecule has 27 heavy (non-hydrogen) atoms. The molecule has 2 aromatic carbocycles. The zero-order valence-corrected chi connectivity index (χ0v) is 15.8. The monoisotopic (exact) mass is 361 g/mol. The number of methoxy groups -OCH3 is 1. The Morgan fingerprint density at radius 3 is 2.81 bits per heavy atom. The molecule has 5 heteroatoms. The number of benzene rings is 2. The Bertz CT molecular complexity index is 1060. The van der Waals surface area contributed by atoms with Gasteiger partial charge >= 0.3 is 0 Å². The molecule has 0 saturated heterocycles. The third kappa shape index (κ3) is 4.14. The summed E-state index contributed by atoms with van der Waals surface area (Å²) in [6, 6.07) is 13.3. The van der Waals surface area contributed by atoms with Crippen LogP contribution in [-0.4, -0.2) is 23.3 Å². The lowest BCUT2D eigenvalue weighted by molar-refractivity contribution is 0.413. The summed E-state index contributed by atoms with van der Waals surface area (Å²) in [5.41, 5.74) is 3.42. The molecule has 0 saturated carbocycles. The Morgan fingerprint density at radius 2 is 2.07 bits per heavy atom. The lowest BCUT2D eigenvalue weighted by atomic mass is 10.0. The van der Waals surface area contributed by atoms with Crippen molar-refractivity contribution >= 4 is 22.8 Å². The normalized spacial score (nSPS) is 12.0. The van der Waals surface area contributed by atoms with Gasteiger partial charge in [0.2, 0.25) is 0 Å². The van der Waals surface area contributed by atoms with Crippen molar-refractivity contribution in [2.24, 2.45) is 4.99 Å². The minimum absolute atomic E-state index is 0.121. The van der Waals surface area contributed by atoms with E-state index in [0.717, 1.165) is 29.0 Å². The maximum Gasteiger partial charge on any atom is 0.258 e. The molecule has 0 bridgehead atoms. The van der Waals surface area contributed by atoms with E-state index < -0.39 is 0 Å². The summed E-state index contributed by atoms with van der Waals surface area (Å²) in [7, 11) is 1.65. The Balaban J connectivity index is 1.97. The number of para-hydroxylation sites is 1. The maximum atomic E-state index is 12.3. The van der Waals surface area contributed by atoms with Gasteiger partial charge < -0.3 is 9.72 Å². The number of aromatic amines is 1. The summed E-state index contributed by atoms with van der Waals surface area (Å²) in [6.07, 6.45) is 5.25. The van der Waals surface area contributed by atoms with Crippen LogP contribution in [0.25, 0.3) is 16.6 Å². The van der Waals surface area contributed by atoms with Crippen LogP contribution in [-0.2, 0) is 6.42 Å². The molecule has 0 aliphatic rings. The zero-order chi connectivity index (χ0) is 19.2.